The molecule has 0 unspecified atom stereocenters. The van der Waals surface area contributed by atoms with Crippen LogP contribution in [0.3, 0.4) is 0 Å². The van der Waals surface area contributed by atoms with Crippen molar-refractivity contribution >= 4 is 29.0 Å². The molecule has 1 amide bonds. The number of nitrogens with one attached hydrogen (secondary N) is 2. The largest absolute Gasteiger partial charge is 0.363 e. The molecule has 0 bridgehead atoms. The second kappa shape index (κ2) is 8.29. The SMILES string of the molecule is CN(C)c1ccnc(N[C@H]2CC[C@@H](NC(=O)Cc3cccs3)CC2)n1. The maximum Gasteiger partial charge on any atom is 0.225 e. The fourth-order valence-electron chi connectivity index (χ4n) is 3.08. The van der Waals surface area contributed by atoms with E-state index in [2.05, 4.69) is 20.6 Å². The minimum Gasteiger partial charge on any atom is -0.363 e. The Morgan fingerprint density at radius 2 is 2.00 bits per heavy atom. The summed E-state index contributed by atoms with van der Waals surface area (Å²) < 4.78 is 0. The molecule has 7 heteroatoms. The van der Waals surface area contributed by atoms with Gasteiger partial charge < -0.3 is 15.5 Å². The fourth-order valence-corrected chi connectivity index (χ4v) is 3.79. The highest BCUT2D eigenvalue weighted by Gasteiger charge is 2.23. The Labute approximate surface area is 152 Å². The van der Waals surface area contributed by atoms with Crippen molar-refractivity contribution in [1.29, 1.82) is 0 Å². The summed E-state index contributed by atoms with van der Waals surface area (Å²) in [6.45, 7) is 0. The molecule has 25 heavy (non-hydrogen) atoms. The van der Waals surface area contributed by atoms with Crippen molar-refractivity contribution in [3.05, 3.63) is 34.7 Å². The van der Waals surface area contributed by atoms with Crippen molar-refractivity contribution in [3.63, 3.8) is 0 Å². The van der Waals surface area contributed by atoms with Crippen LogP contribution in [0.5, 0.6) is 0 Å². The van der Waals surface area contributed by atoms with E-state index >= 15 is 0 Å². The van der Waals surface area contributed by atoms with Crippen LogP contribution in [0.15, 0.2) is 29.8 Å². The first kappa shape index (κ1) is 17.7. The van der Waals surface area contributed by atoms with E-state index < -0.39 is 0 Å². The molecule has 2 aromatic rings. The van der Waals surface area contributed by atoms with Crippen molar-refractivity contribution in [2.24, 2.45) is 0 Å². The standard InChI is InChI=1S/C18H25N5OS/c1-23(2)16-9-10-19-18(22-16)21-14-7-5-13(6-8-14)20-17(24)12-15-4-3-11-25-15/h3-4,9-11,13-14H,5-8,12H2,1-2H3,(H,20,24)(H,19,21,22)/t13-,14+. The molecule has 1 aliphatic rings. The molecule has 1 fully saturated rings. The Hall–Kier alpha value is -2.15. The molecular weight excluding hydrogens is 334 g/mol. The van der Waals surface area contributed by atoms with E-state index in [4.69, 9.17) is 0 Å². The van der Waals surface area contributed by atoms with Crippen molar-refractivity contribution in [3.8, 4) is 0 Å². The molecule has 0 radical (unpaired) electrons. The Kier molecular flexibility index (Phi) is 5.86. The summed E-state index contributed by atoms with van der Waals surface area (Å²) in [4.78, 5) is 24.0. The molecule has 1 saturated carbocycles. The Morgan fingerprint density at radius 1 is 1.24 bits per heavy atom. The van der Waals surface area contributed by atoms with E-state index in [9.17, 15) is 4.79 Å². The average Bonchev–Trinajstić information content (AvgIpc) is 3.10. The Balaban J connectivity index is 1.44. The number of rotatable bonds is 6. The van der Waals surface area contributed by atoms with E-state index in [0.29, 0.717) is 18.4 Å². The van der Waals surface area contributed by atoms with E-state index in [1.165, 1.54) is 0 Å². The van der Waals surface area contributed by atoms with E-state index in [-0.39, 0.29) is 11.9 Å². The molecule has 0 saturated heterocycles. The number of hydrogen-bond donors (Lipinski definition) is 2. The lowest BCUT2D eigenvalue weighted by Crippen LogP contribution is -2.40. The minimum absolute atomic E-state index is 0.126. The predicted octanol–water partition coefficient (Wildman–Crippen LogP) is 2.69. The molecule has 2 N–H and O–H groups in total. The lowest BCUT2D eigenvalue weighted by Gasteiger charge is -2.29. The van der Waals surface area contributed by atoms with Gasteiger partial charge in [-0.05, 0) is 43.2 Å². The van der Waals surface area contributed by atoms with Gasteiger partial charge in [-0.3, -0.25) is 4.79 Å². The minimum atomic E-state index is 0.126. The quantitative estimate of drug-likeness (QED) is 0.830. The molecule has 2 heterocycles. The maximum atomic E-state index is 12.1. The van der Waals surface area contributed by atoms with Crippen molar-refractivity contribution < 1.29 is 4.79 Å². The highest BCUT2D eigenvalue weighted by atomic mass is 32.1. The number of anilines is 2. The number of hydrogen-bond acceptors (Lipinski definition) is 6. The number of carbonyl (C=O) groups excluding carboxylic acids is 1. The first-order chi connectivity index (χ1) is 12.1. The third-order valence-electron chi connectivity index (χ3n) is 4.44. The second-order valence-electron chi connectivity index (χ2n) is 6.65. The molecule has 3 rings (SSSR count). The summed E-state index contributed by atoms with van der Waals surface area (Å²) in [5.74, 6) is 1.70. The molecule has 0 spiro atoms. The summed E-state index contributed by atoms with van der Waals surface area (Å²) in [5.41, 5.74) is 0. The number of thiophene rings is 1. The van der Waals surface area contributed by atoms with Gasteiger partial charge in [0.15, 0.2) is 0 Å². The first-order valence-electron chi connectivity index (χ1n) is 8.69. The van der Waals surface area contributed by atoms with Crippen LogP contribution in [-0.2, 0) is 11.2 Å². The summed E-state index contributed by atoms with van der Waals surface area (Å²) >= 11 is 1.63. The van der Waals surface area contributed by atoms with Gasteiger partial charge in [-0.25, -0.2) is 4.98 Å². The van der Waals surface area contributed by atoms with Crippen molar-refractivity contribution in [2.75, 3.05) is 24.3 Å². The molecule has 0 atom stereocenters. The van der Waals surface area contributed by atoms with E-state index in [1.54, 1.807) is 17.5 Å². The van der Waals surface area contributed by atoms with Gasteiger partial charge >= 0.3 is 0 Å². The van der Waals surface area contributed by atoms with Crippen LogP contribution in [0.1, 0.15) is 30.6 Å². The normalized spacial score (nSPS) is 20.1. The highest BCUT2D eigenvalue weighted by Crippen LogP contribution is 2.22. The van der Waals surface area contributed by atoms with Gasteiger partial charge in [0.1, 0.15) is 5.82 Å². The molecule has 6 nitrogen and oxygen atoms in total. The van der Waals surface area contributed by atoms with Crippen molar-refractivity contribution in [2.45, 2.75) is 44.2 Å². The number of amides is 1. The van der Waals surface area contributed by atoms with Gasteiger partial charge in [0.25, 0.3) is 0 Å². The molecule has 0 aliphatic heterocycles. The number of nitrogens with zero attached hydrogens (tertiary/aromatic N) is 3. The van der Waals surface area contributed by atoms with Gasteiger partial charge in [-0.2, -0.15) is 4.98 Å². The summed E-state index contributed by atoms with van der Waals surface area (Å²) in [5, 5.41) is 8.60. The predicted molar refractivity (Wildman–Crippen MR) is 102 cm³/mol. The van der Waals surface area contributed by atoms with Crippen LogP contribution in [-0.4, -0.2) is 42.1 Å². The van der Waals surface area contributed by atoms with Crippen LogP contribution >= 0.6 is 11.3 Å². The molecule has 2 aromatic heterocycles. The van der Waals surface area contributed by atoms with Crippen LogP contribution in [0.25, 0.3) is 0 Å². The zero-order chi connectivity index (χ0) is 17.6. The summed E-state index contributed by atoms with van der Waals surface area (Å²) in [6, 6.07) is 6.53. The fraction of sp³-hybridized carbons (Fsp3) is 0.500. The average molecular weight is 359 g/mol. The van der Waals surface area contributed by atoms with Crippen molar-refractivity contribution in [1.82, 2.24) is 15.3 Å². The van der Waals surface area contributed by atoms with Gasteiger partial charge in [-0.15, -0.1) is 11.3 Å². The lowest BCUT2D eigenvalue weighted by atomic mass is 9.91. The Bertz CT molecular complexity index is 681. The van der Waals surface area contributed by atoms with Gasteiger partial charge in [-0.1, -0.05) is 6.07 Å². The smallest absolute Gasteiger partial charge is 0.225 e. The molecular formula is C18H25N5OS. The number of aromatic nitrogens is 2. The molecule has 1 aliphatic carbocycles. The molecule has 0 aromatic carbocycles. The van der Waals surface area contributed by atoms with Gasteiger partial charge in [0, 0.05) is 37.3 Å². The monoisotopic (exact) mass is 359 g/mol. The second-order valence-corrected chi connectivity index (χ2v) is 7.68. The van der Waals surface area contributed by atoms with Crippen LogP contribution in [0.4, 0.5) is 11.8 Å². The molecule has 134 valence electrons. The highest BCUT2D eigenvalue weighted by molar-refractivity contribution is 7.10. The zero-order valence-corrected chi connectivity index (χ0v) is 15.6. The maximum absolute atomic E-state index is 12.1. The van der Waals surface area contributed by atoms with Gasteiger partial charge in [0.05, 0.1) is 6.42 Å². The Morgan fingerprint density at radius 3 is 2.68 bits per heavy atom. The summed E-state index contributed by atoms with van der Waals surface area (Å²) in [7, 11) is 3.94. The van der Waals surface area contributed by atoms with Gasteiger partial charge in [0.2, 0.25) is 11.9 Å². The topological polar surface area (TPSA) is 70.2 Å². The lowest BCUT2D eigenvalue weighted by molar-refractivity contribution is -0.121. The van der Waals surface area contributed by atoms with Crippen LogP contribution < -0.4 is 15.5 Å². The number of carbonyl (C=O) groups is 1. The third-order valence-corrected chi connectivity index (χ3v) is 5.32. The van der Waals surface area contributed by atoms with Crippen LogP contribution in [0.2, 0.25) is 0 Å². The first-order valence-corrected chi connectivity index (χ1v) is 9.57. The third kappa shape index (κ3) is 5.16. The van der Waals surface area contributed by atoms with E-state index in [0.717, 1.165) is 36.4 Å². The van der Waals surface area contributed by atoms with Crippen LogP contribution in [0, 0.1) is 0 Å². The van der Waals surface area contributed by atoms with E-state index in [1.807, 2.05) is 42.6 Å². The summed E-state index contributed by atoms with van der Waals surface area (Å²) in [6.07, 6.45) is 6.27. The zero-order valence-electron chi connectivity index (χ0n) is 14.7.